The fourth-order valence-corrected chi connectivity index (χ4v) is 3.69. The van der Waals surface area contributed by atoms with Crippen molar-refractivity contribution in [3.63, 3.8) is 0 Å². The van der Waals surface area contributed by atoms with Gasteiger partial charge in [0.1, 0.15) is 5.82 Å². The quantitative estimate of drug-likeness (QED) is 0.592. The topological polar surface area (TPSA) is 84.2 Å². The van der Waals surface area contributed by atoms with Gasteiger partial charge in [-0.15, -0.1) is 0 Å². The summed E-state index contributed by atoms with van der Waals surface area (Å²) in [6.07, 6.45) is 4.95. The fraction of sp³-hybridized carbons (Fsp3) is 0.417. The van der Waals surface area contributed by atoms with Crippen molar-refractivity contribution in [2.45, 2.75) is 52.0 Å². The third kappa shape index (κ3) is 5.48. The average Bonchev–Trinajstić information content (AvgIpc) is 3.49. The highest BCUT2D eigenvalue weighted by Gasteiger charge is 2.14. The second-order valence-corrected chi connectivity index (χ2v) is 8.28. The highest BCUT2D eigenvalue weighted by molar-refractivity contribution is 5.76. The van der Waals surface area contributed by atoms with Gasteiger partial charge >= 0.3 is 0 Å². The van der Waals surface area contributed by atoms with Crippen LogP contribution in [-0.2, 0) is 17.8 Å². The Morgan fingerprint density at radius 3 is 2.68 bits per heavy atom. The van der Waals surface area contributed by atoms with Crippen LogP contribution < -0.4 is 10.2 Å². The molecule has 1 N–H and O–H groups in total. The van der Waals surface area contributed by atoms with Crippen LogP contribution in [0.1, 0.15) is 56.0 Å². The van der Waals surface area contributed by atoms with Crippen molar-refractivity contribution in [1.82, 2.24) is 20.4 Å². The SMILES string of the molecule is CC(C)c1ccc(-c2noc(CCC(=O)NCc3ccnc(N4CCCC4)c3)n2)cc1. The first-order valence-electron chi connectivity index (χ1n) is 11.0. The second kappa shape index (κ2) is 9.73. The molecule has 1 aromatic carbocycles. The Morgan fingerprint density at radius 2 is 1.94 bits per heavy atom. The number of hydrogen-bond acceptors (Lipinski definition) is 6. The Labute approximate surface area is 182 Å². The number of nitrogens with one attached hydrogen (secondary N) is 1. The van der Waals surface area contributed by atoms with Gasteiger partial charge in [0, 0.05) is 44.2 Å². The zero-order valence-electron chi connectivity index (χ0n) is 18.2. The van der Waals surface area contributed by atoms with Crippen molar-refractivity contribution in [2.24, 2.45) is 0 Å². The maximum Gasteiger partial charge on any atom is 0.227 e. The fourth-order valence-electron chi connectivity index (χ4n) is 3.69. The minimum Gasteiger partial charge on any atom is -0.357 e. The number of benzene rings is 1. The average molecular weight is 420 g/mol. The van der Waals surface area contributed by atoms with Gasteiger partial charge in [-0.1, -0.05) is 43.3 Å². The number of rotatable bonds is 8. The molecule has 1 fully saturated rings. The molecule has 0 saturated carbocycles. The first-order chi connectivity index (χ1) is 15.1. The summed E-state index contributed by atoms with van der Waals surface area (Å²) >= 11 is 0. The van der Waals surface area contributed by atoms with Crippen molar-refractivity contribution in [2.75, 3.05) is 18.0 Å². The lowest BCUT2D eigenvalue weighted by Crippen LogP contribution is -2.24. The number of hydrogen-bond donors (Lipinski definition) is 1. The van der Waals surface area contributed by atoms with E-state index in [9.17, 15) is 4.79 Å². The predicted octanol–water partition coefficient (Wildman–Crippen LogP) is 4.10. The minimum absolute atomic E-state index is 0.0411. The molecule has 7 heteroatoms. The molecule has 3 heterocycles. The van der Waals surface area contributed by atoms with Crippen LogP contribution in [0, 0.1) is 0 Å². The van der Waals surface area contributed by atoms with E-state index in [2.05, 4.69) is 57.4 Å². The van der Waals surface area contributed by atoms with Gasteiger partial charge in [0.05, 0.1) is 0 Å². The number of aromatic nitrogens is 3. The van der Waals surface area contributed by atoms with Crippen LogP contribution in [0.5, 0.6) is 0 Å². The van der Waals surface area contributed by atoms with Crippen molar-refractivity contribution in [3.8, 4) is 11.4 Å². The normalized spacial score (nSPS) is 13.7. The molecule has 4 rings (SSSR count). The van der Waals surface area contributed by atoms with E-state index >= 15 is 0 Å². The summed E-state index contributed by atoms with van der Waals surface area (Å²) in [6, 6.07) is 12.2. The smallest absolute Gasteiger partial charge is 0.227 e. The highest BCUT2D eigenvalue weighted by Crippen LogP contribution is 2.21. The third-order valence-electron chi connectivity index (χ3n) is 5.60. The number of carbonyl (C=O) groups excluding carboxylic acids is 1. The van der Waals surface area contributed by atoms with Gasteiger partial charge in [0.15, 0.2) is 0 Å². The first kappa shape index (κ1) is 21.0. The molecule has 0 unspecified atom stereocenters. The number of amides is 1. The van der Waals surface area contributed by atoms with Gasteiger partial charge in [-0.2, -0.15) is 4.98 Å². The number of carbonyl (C=O) groups is 1. The first-order valence-corrected chi connectivity index (χ1v) is 11.0. The Hall–Kier alpha value is -3.22. The zero-order chi connectivity index (χ0) is 21.6. The zero-order valence-corrected chi connectivity index (χ0v) is 18.2. The summed E-state index contributed by atoms with van der Waals surface area (Å²) in [5, 5.41) is 7.02. The molecule has 7 nitrogen and oxygen atoms in total. The standard InChI is InChI=1S/C24H29N5O2/c1-17(2)19-5-7-20(8-6-19)24-27-23(31-28-24)10-9-22(30)26-16-18-11-12-25-21(15-18)29-13-3-4-14-29/h5-8,11-12,15,17H,3-4,9-10,13-14,16H2,1-2H3,(H,26,30). The summed E-state index contributed by atoms with van der Waals surface area (Å²) in [6.45, 7) is 6.91. The van der Waals surface area contributed by atoms with E-state index in [-0.39, 0.29) is 5.91 Å². The number of anilines is 1. The molecule has 1 aliphatic rings. The molecule has 3 aromatic rings. The number of aryl methyl sites for hydroxylation is 1. The van der Waals surface area contributed by atoms with Crippen LogP contribution in [0.4, 0.5) is 5.82 Å². The van der Waals surface area contributed by atoms with Gasteiger partial charge in [-0.05, 0) is 42.0 Å². The molecular weight excluding hydrogens is 390 g/mol. The molecule has 0 atom stereocenters. The minimum atomic E-state index is -0.0411. The molecule has 0 radical (unpaired) electrons. The van der Waals surface area contributed by atoms with Gasteiger partial charge in [0.2, 0.25) is 17.6 Å². The van der Waals surface area contributed by atoms with Crippen molar-refractivity contribution in [3.05, 3.63) is 59.6 Å². The number of nitrogens with zero attached hydrogens (tertiary/aromatic N) is 4. The van der Waals surface area contributed by atoms with Crippen LogP contribution in [-0.4, -0.2) is 34.1 Å². The molecule has 0 aliphatic carbocycles. The van der Waals surface area contributed by atoms with Gasteiger partial charge in [0.25, 0.3) is 0 Å². The molecule has 1 saturated heterocycles. The summed E-state index contributed by atoms with van der Waals surface area (Å²) < 4.78 is 5.33. The van der Waals surface area contributed by atoms with E-state index in [1.165, 1.54) is 18.4 Å². The summed E-state index contributed by atoms with van der Waals surface area (Å²) in [7, 11) is 0. The van der Waals surface area contributed by atoms with E-state index in [0.29, 0.717) is 37.0 Å². The van der Waals surface area contributed by atoms with E-state index in [1.54, 1.807) is 0 Å². The van der Waals surface area contributed by atoms with Crippen molar-refractivity contribution < 1.29 is 9.32 Å². The summed E-state index contributed by atoms with van der Waals surface area (Å²) in [5.41, 5.74) is 3.23. The maximum absolute atomic E-state index is 12.3. The number of pyridine rings is 1. The van der Waals surface area contributed by atoms with Crippen LogP contribution in [0.15, 0.2) is 47.1 Å². The van der Waals surface area contributed by atoms with E-state index in [4.69, 9.17) is 4.52 Å². The lowest BCUT2D eigenvalue weighted by atomic mass is 10.0. The second-order valence-electron chi connectivity index (χ2n) is 8.28. The van der Waals surface area contributed by atoms with Crippen molar-refractivity contribution in [1.29, 1.82) is 0 Å². The molecule has 31 heavy (non-hydrogen) atoms. The Kier molecular flexibility index (Phi) is 6.60. The predicted molar refractivity (Wildman–Crippen MR) is 120 cm³/mol. The lowest BCUT2D eigenvalue weighted by molar-refractivity contribution is -0.121. The van der Waals surface area contributed by atoms with E-state index < -0.39 is 0 Å². The molecule has 162 valence electrons. The van der Waals surface area contributed by atoms with Crippen LogP contribution in [0.2, 0.25) is 0 Å². The molecule has 1 aliphatic heterocycles. The Morgan fingerprint density at radius 1 is 1.16 bits per heavy atom. The van der Waals surface area contributed by atoms with Gasteiger partial charge < -0.3 is 14.7 Å². The Balaban J connectivity index is 1.26. The van der Waals surface area contributed by atoms with Crippen LogP contribution in [0.25, 0.3) is 11.4 Å². The van der Waals surface area contributed by atoms with Crippen molar-refractivity contribution >= 4 is 11.7 Å². The molecule has 0 bridgehead atoms. The van der Waals surface area contributed by atoms with E-state index in [0.717, 1.165) is 30.0 Å². The monoisotopic (exact) mass is 419 g/mol. The molecule has 0 spiro atoms. The van der Waals surface area contributed by atoms with Crippen LogP contribution in [0.3, 0.4) is 0 Å². The van der Waals surface area contributed by atoms with Gasteiger partial charge in [-0.3, -0.25) is 4.79 Å². The highest BCUT2D eigenvalue weighted by atomic mass is 16.5. The van der Waals surface area contributed by atoms with Crippen LogP contribution >= 0.6 is 0 Å². The maximum atomic E-state index is 12.3. The van der Waals surface area contributed by atoms with Gasteiger partial charge in [-0.25, -0.2) is 4.98 Å². The third-order valence-corrected chi connectivity index (χ3v) is 5.60. The largest absolute Gasteiger partial charge is 0.357 e. The van der Waals surface area contributed by atoms with E-state index in [1.807, 2.05) is 24.4 Å². The summed E-state index contributed by atoms with van der Waals surface area (Å²) in [4.78, 5) is 23.4. The lowest BCUT2D eigenvalue weighted by Gasteiger charge is -2.16. The summed E-state index contributed by atoms with van der Waals surface area (Å²) in [5.74, 6) is 2.45. The molecular formula is C24H29N5O2. The molecule has 1 amide bonds. The molecule has 2 aromatic heterocycles. The Bertz CT molecular complexity index is 1010.